The maximum atomic E-state index is 12.5. The normalized spacial score (nSPS) is 15.5. The van der Waals surface area contributed by atoms with E-state index in [1.165, 1.54) is 0 Å². The number of benzene rings is 1. The predicted molar refractivity (Wildman–Crippen MR) is 111 cm³/mol. The van der Waals surface area contributed by atoms with Crippen LogP contribution in [0.1, 0.15) is 24.2 Å². The number of rotatable bonds is 4. The molecule has 2 N–H and O–H groups in total. The Morgan fingerprint density at radius 3 is 2.75 bits per heavy atom. The summed E-state index contributed by atoms with van der Waals surface area (Å²) in [7, 11) is 0. The highest BCUT2D eigenvalue weighted by Gasteiger charge is 2.21. The van der Waals surface area contributed by atoms with E-state index in [9.17, 15) is 4.79 Å². The molecule has 0 bridgehead atoms. The molecule has 2 amide bonds. The van der Waals surface area contributed by atoms with E-state index >= 15 is 0 Å². The Labute approximate surface area is 165 Å². The van der Waals surface area contributed by atoms with Gasteiger partial charge < -0.3 is 10.6 Å². The van der Waals surface area contributed by atoms with Crippen LogP contribution in [0.3, 0.4) is 0 Å². The first-order chi connectivity index (χ1) is 13.7. The van der Waals surface area contributed by atoms with Crippen molar-refractivity contribution in [2.24, 2.45) is 0 Å². The number of nitrogens with zero attached hydrogens (tertiary/aromatic N) is 3. The molecule has 6 heteroatoms. The number of pyridine rings is 2. The first-order valence-corrected chi connectivity index (χ1v) is 9.73. The highest BCUT2D eigenvalue weighted by atomic mass is 16.2. The molecular weight excluding hydrogens is 350 g/mol. The number of carbonyl (C=O) groups excluding carboxylic acids is 1. The second-order valence-electron chi connectivity index (χ2n) is 7.29. The molecule has 144 valence electrons. The van der Waals surface area contributed by atoms with E-state index in [0.717, 1.165) is 60.5 Å². The van der Waals surface area contributed by atoms with E-state index in [4.69, 9.17) is 0 Å². The van der Waals surface area contributed by atoms with Crippen molar-refractivity contribution in [3.05, 3.63) is 66.1 Å². The summed E-state index contributed by atoms with van der Waals surface area (Å²) in [6, 6.07) is 15.8. The lowest BCUT2D eigenvalue weighted by Gasteiger charge is -2.32. The minimum absolute atomic E-state index is 0.156. The molecule has 1 fully saturated rings. The van der Waals surface area contributed by atoms with E-state index in [1.807, 2.05) is 55.6 Å². The summed E-state index contributed by atoms with van der Waals surface area (Å²) >= 11 is 0. The number of likely N-dealkylation sites (tertiary alicyclic amines) is 1. The number of hydrogen-bond acceptors (Lipinski definition) is 4. The Balaban J connectivity index is 1.30. The third-order valence-corrected chi connectivity index (χ3v) is 5.15. The number of urea groups is 1. The molecule has 3 heterocycles. The van der Waals surface area contributed by atoms with Crippen LogP contribution in [0.4, 0.5) is 10.5 Å². The van der Waals surface area contributed by atoms with Gasteiger partial charge in [-0.25, -0.2) is 4.79 Å². The number of amides is 2. The summed E-state index contributed by atoms with van der Waals surface area (Å²) in [6.45, 7) is 4.74. The van der Waals surface area contributed by atoms with Crippen LogP contribution in [0.15, 0.2) is 54.7 Å². The maximum Gasteiger partial charge on any atom is 0.319 e. The van der Waals surface area contributed by atoms with Gasteiger partial charge in [0.05, 0.1) is 16.9 Å². The molecule has 1 aliphatic heterocycles. The van der Waals surface area contributed by atoms with Gasteiger partial charge >= 0.3 is 6.03 Å². The molecule has 1 aliphatic rings. The zero-order valence-electron chi connectivity index (χ0n) is 16.1. The summed E-state index contributed by atoms with van der Waals surface area (Å²) in [5, 5.41) is 7.06. The fourth-order valence-electron chi connectivity index (χ4n) is 3.67. The number of hydrogen-bond donors (Lipinski definition) is 2. The van der Waals surface area contributed by atoms with Crippen LogP contribution in [-0.4, -0.2) is 40.0 Å². The summed E-state index contributed by atoms with van der Waals surface area (Å²) in [6.07, 6.45) is 3.71. The average molecular weight is 375 g/mol. The Morgan fingerprint density at radius 2 is 1.96 bits per heavy atom. The number of anilines is 1. The molecule has 1 aromatic carbocycles. The van der Waals surface area contributed by atoms with Gasteiger partial charge in [-0.3, -0.25) is 14.9 Å². The second kappa shape index (κ2) is 8.35. The van der Waals surface area contributed by atoms with Crippen molar-refractivity contribution in [2.75, 3.05) is 18.4 Å². The van der Waals surface area contributed by atoms with Crippen LogP contribution in [0.25, 0.3) is 10.9 Å². The van der Waals surface area contributed by atoms with E-state index < -0.39 is 0 Å². The van der Waals surface area contributed by atoms with Crippen molar-refractivity contribution in [3.8, 4) is 0 Å². The van der Waals surface area contributed by atoms with Gasteiger partial charge in [-0.15, -0.1) is 0 Å². The van der Waals surface area contributed by atoms with Crippen molar-refractivity contribution in [2.45, 2.75) is 32.4 Å². The average Bonchev–Trinajstić information content (AvgIpc) is 2.70. The second-order valence-corrected chi connectivity index (χ2v) is 7.29. The van der Waals surface area contributed by atoms with Crippen LogP contribution in [0.2, 0.25) is 0 Å². The van der Waals surface area contributed by atoms with Gasteiger partial charge in [0.25, 0.3) is 0 Å². The van der Waals surface area contributed by atoms with Gasteiger partial charge in [0.1, 0.15) is 0 Å². The number of carbonyl (C=O) groups is 1. The molecule has 6 nitrogen and oxygen atoms in total. The molecule has 4 rings (SSSR count). The topological polar surface area (TPSA) is 70.2 Å². The minimum atomic E-state index is -0.156. The lowest BCUT2D eigenvalue weighted by Crippen LogP contribution is -2.45. The molecule has 0 unspecified atom stereocenters. The summed E-state index contributed by atoms with van der Waals surface area (Å²) < 4.78 is 0. The van der Waals surface area contributed by atoms with Crippen LogP contribution in [0.5, 0.6) is 0 Å². The maximum absolute atomic E-state index is 12.5. The SMILES string of the molecule is Cc1ccc2c(NC(=O)NC3CCN(Cc4ccccn4)CC3)cccc2n1. The molecular formula is C22H25N5O. The van der Waals surface area contributed by atoms with Gasteiger partial charge in [0.2, 0.25) is 0 Å². The van der Waals surface area contributed by atoms with Crippen molar-refractivity contribution in [3.63, 3.8) is 0 Å². The molecule has 0 aliphatic carbocycles. The number of aryl methyl sites for hydroxylation is 1. The van der Waals surface area contributed by atoms with Gasteiger partial charge in [0, 0.05) is 43.0 Å². The van der Waals surface area contributed by atoms with Crippen LogP contribution < -0.4 is 10.6 Å². The van der Waals surface area contributed by atoms with Crippen molar-refractivity contribution in [1.82, 2.24) is 20.2 Å². The molecule has 0 radical (unpaired) electrons. The first kappa shape index (κ1) is 18.4. The molecule has 0 atom stereocenters. The highest BCUT2D eigenvalue weighted by Crippen LogP contribution is 2.22. The summed E-state index contributed by atoms with van der Waals surface area (Å²) in [5.74, 6) is 0. The van der Waals surface area contributed by atoms with Crippen molar-refractivity contribution >= 4 is 22.6 Å². The van der Waals surface area contributed by atoms with E-state index in [1.54, 1.807) is 0 Å². The Kier molecular flexibility index (Phi) is 5.48. The Morgan fingerprint density at radius 1 is 1.11 bits per heavy atom. The minimum Gasteiger partial charge on any atom is -0.335 e. The molecule has 3 aromatic rings. The van der Waals surface area contributed by atoms with E-state index in [0.29, 0.717) is 0 Å². The highest BCUT2D eigenvalue weighted by molar-refractivity contribution is 6.00. The monoisotopic (exact) mass is 375 g/mol. The van der Waals surface area contributed by atoms with Gasteiger partial charge in [-0.2, -0.15) is 0 Å². The van der Waals surface area contributed by atoms with Crippen molar-refractivity contribution < 1.29 is 4.79 Å². The van der Waals surface area contributed by atoms with Crippen LogP contribution in [-0.2, 0) is 6.54 Å². The lowest BCUT2D eigenvalue weighted by molar-refractivity contribution is 0.188. The van der Waals surface area contributed by atoms with E-state index in [2.05, 4.69) is 31.6 Å². The first-order valence-electron chi connectivity index (χ1n) is 9.73. The molecule has 28 heavy (non-hydrogen) atoms. The fraction of sp³-hybridized carbons (Fsp3) is 0.318. The zero-order chi connectivity index (χ0) is 19.3. The standard InChI is InChI=1S/C22H25N5O/c1-16-8-9-19-20(24-16)6-4-7-21(19)26-22(28)25-17-10-13-27(14-11-17)15-18-5-2-3-12-23-18/h2-9,12,17H,10-11,13-15H2,1H3,(H2,25,26,28). The molecule has 2 aromatic heterocycles. The van der Waals surface area contributed by atoms with Gasteiger partial charge in [-0.05, 0) is 56.2 Å². The van der Waals surface area contributed by atoms with Crippen molar-refractivity contribution in [1.29, 1.82) is 0 Å². The Bertz CT molecular complexity index is 952. The largest absolute Gasteiger partial charge is 0.335 e. The molecule has 1 saturated heterocycles. The third kappa shape index (κ3) is 4.46. The molecule has 0 spiro atoms. The molecule has 0 saturated carbocycles. The number of aromatic nitrogens is 2. The predicted octanol–water partition coefficient (Wildman–Crippen LogP) is 3.72. The zero-order valence-corrected chi connectivity index (χ0v) is 16.1. The van der Waals surface area contributed by atoms with Crippen LogP contribution >= 0.6 is 0 Å². The van der Waals surface area contributed by atoms with Gasteiger partial charge in [-0.1, -0.05) is 12.1 Å². The van der Waals surface area contributed by atoms with E-state index in [-0.39, 0.29) is 12.1 Å². The quantitative estimate of drug-likeness (QED) is 0.729. The Hall–Kier alpha value is -2.99. The van der Waals surface area contributed by atoms with Gasteiger partial charge in [0.15, 0.2) is 0 Å². The number of fused-ring (bicyclic) bond motifs is 1. The summed E-state index contributed by atoms with van der Waals surface area (Å²) in [4.78, 5) is 23.8. The lowest BCUT2D eigenvalue weighted by atomic mass is 10.0. The fourth-order valence-corrected chi connectivity index (χ4v) is 3.67. The summed E-state index contributed by atoms with van der Waals surface area (Å²) in [5.41, 5.74) is 3.73. The third-order valence-electron chi connectivity index (χ3n) is 5.15. The number of nitrogens with one attached hydrogen (secondary N) is 2. The smallest absolute Gasteiger partial charge is 0.319 e. The van der Waals surface area contributed by atoms with Crippen LogP contribution in [0, 0.1) is 6.92 Å². The number of piperidine rings is 1.